The molecule has 1 aliphatic rings. The molecule has 1 unspecified atom stereocenters. The number of esters is 1. The first-order valence-electron chi connectivity index (χ1n) is 8.58. The predicted octanol–water partition coefficient (Wildman–Crippen LogP) is 3.34. The van der Waals surface area contributed by atoms with Crippen LogP contribution in [0.15, 0.2) is 24.3 Å². The zero-order valence-corrected chi connectivity index (χ0v) is 14.6. The Morgan fingerprint density at radius 3 is 2.29 bits per heavy atom. The molecule has 1 fully saturated rings. The number of hydrogen-bond acceptors (Lipinski definition) is 3. The highest BCUT2D eigenvalue weighted by Crippen LogP contribution is 2.42. The van der Waals surface area contributed by atoms with Crippen molar-refractivity contribution in [1.29, 1.82) is 0 Å². The van der Waals surface area contributed by atoms with E-state index in [-0.39, 0.29) is 30.3 Å². The summed E-state index contributed by atoms with van der Waals surface area (Å²) in [6, 6.07) is 6.03. The van der Waals surface area contributed by atoms with Crippen LogP contribution < -0.4 is 5.32 Å². The molecular weight excluding hydrogens is 309 g/mol. The Kier molecular flexibility index (Phi) is 5.97. The zero-order valence-electron chi connectivity index (χ0n) is 14.6. The van der Waals surface area contributed by atoms with Gasteiger partial charge in [-0.3, -0.25) is 9.59 Å². The molecule has 1 aliphatic carbocycles. The molecule has 1 N–H and O–H groups in total. The molecule has 0 saturated heterocycles. The molecule has 0 aliphatic heterocycles. The van der Waals surface area contributed by atoms with Gasteiger partial charge < -0.3 is 10.1 Å². The molecule has 5 heteroatoms. The van der Waals surface area contributed by atoms with Gasteiger partial charge in [-0.2, -0.15) is 0 Å². The van der Waals surface area contributed by atoms with Gasteiger partial charge in [0.1, 0.15) is 5.82 Å². The molecular formula is C19H26FNO3. The van der Waals surface area contributed by atoms with Crippen LogP contribution in [-0.4, -0.2) is 24.5 Å². The average molecular weight is 335 g/mol. The van der Waals surface area contributed by atoms with Gasteiger partial charge in [0.05, 0.1) is 5.41 Å². The van der Waals surface area contributed by atoms with Gasteiger partial charge in [-0.25, -0.2) is 4.39 Å². The van der Waals surface area contributed by atoms with Crippen LogP contribution in [-0.2, 0) is 19.7 Å². The van der Waals surface area contributed by atoms with Gasteiger partial charge in [0.2, 0.25) is 0 Å². The van der Waals surface area contributed by atoms with E-state index in [9.17, 15) is 14.0 Å². The highest BCUT2D eigenvalue weighted by atomic mass is 19.1. The second-order valence-electron chi connectivity index (χ2n) is 6.97. The van der Waals surface area contributed by atoms with Crippen molar-refractivity contribution in [3.05, 3.63) is 35.6 Å². The molecule has 1 aromatic carbocycles. The first-order valence-corrected chi connectivity index (χ1v) is 8.58. The predicted molar refractivity (Wildman–Crippen MR) is 89.9 cm³/mol. The molecule has 0 bridgehead atoms. The van der Waals surface area contributed by atoms with Crippen molar-refractivity contribution >= 4 is 11.9 Å². The highest BCUT2D eigenvalue weighted by Gasteiger charge is 2.44. The van der Waals surface area contributed by atoms with Gasteiger partial charge in [0.25, 0.3) is 5.91 Å². The zero-order chi connectivity index (χ0) is 17.7. The quantitative estimate of drug-likeness (QED) is 0.811. The van der Waals surface area contributed by atoms with Crippen LogP contribution in [0.2, 0.25) is 0 Å². The maximum Gasteiger partial charge on any atom is 0.317 e. The normalized spacial score (nSPS) is 17.5. The molecule has 0 spiro atoms. The minimum atomic E-state index is -0.752. The summed E-state index contributed by atoms with van der Waals surface area (Å²) in [6.07, 6.45) is 3.18. The summed E-state index contributed by atoms with van der Waals surface area (Å²) in [5.41, 5.74) is 0.0137. The Labute approximate surface area is 142 Å². The second-order valence-corrected chi connectivity index (χ2v) is 6.97. The number of halogens is 1. The van der Waals surface area contributed by atoms with Crippen LogP contribution >= 0.6 is 0 Å². The summed E-state index contributed by atoms with van der Waals surface area (Å²) < 4.78 is 18.5. The monoisotopic (exact) mass is 335 g/mol. The van der Waals surface area contributed by atoms with E-state index in [2.05, 4.69) is 5.32 Å². The van der Waals surface area contributed by atoms with Crippen molar-refractivity contribution in [2.75, 3.05) is 6.61 Å². The van der Waals surface area contributed by atoms with E-state index in [0.29, 0.717) is 18.8 Å². The van der Waals surface area contributed by atoms with Gasteiger partial charge in [0.15, 0.2) is 6.61 Å². The Hall–Kier alpha value is -1.91. The molecule has 0 heterocycles. The summed E-state index contributed by atoms with van der Waals surface area (Å²) in [6.45, 7) is 5.66. The lowest BCUT2D eigenvalue weighted by Crippen LogP contribution is -2.41. The number of carbonyl (C=O) groups is 2. The topological polar surface area (TPSA) is 55.4 Å². The molecule has 0 aromatic heterocycles. The minimum absolute atomic E-state index is 0.0220. The van der Waals surface area contributed by atoms with Crippen LogP contribution in [0.3, 0.4) is 0 Å². The molecule has 1 saturated carbocycles. The van der Waals surface area contributed by atoms with Crippen molar-refractivity contribution in [3.63, 3.8) is 0 Å². The van der Waals surface area contributed by atoms with Gasteiger partial charge in [-0.05, 0) is 43.4 Å². The summed E-state index contributed by atoms with van der Waals surface area (Å²) in [7, 11) is 0. The number of benzene rings is 1. The standard InChI is InChI=1S/C19H26FNO3/c1-13(2)14(3)21-17(22)12-24-18(23)19(10-4-5-11-19)15-6-8-16(20)9-7-15/h6-9,13-14H,4-5,10-12H2,1-3H3,(H,21,22). The van der Waals surface area contributed by atoms with Crippen molar-refractivity contribution < 1.29 is 18.7 Å². The number of nitrogens with one attached hydrogen (secondary N) is 1. The number of hydrogen-bond donors (Lipinski definition) is 1. The fourth-order valence-electron chi connectivity index (χ4n) is 3.09. The summed E-state index contributed by atoms with van der Waals surface area (Å²) >= 11 is 0. The third kappa shape index (κ3) is 4.13. The lowest BCUT2D eigenvalue weighted by molar-refractivity contribution is -0.154. The number of ether oxygens (including phenoxy) is 1. The van der Waals surface area contributed by atoms with Gasteiger partial charge in [0, 0.05) is 6.04 Å². The molecule has 24 heavy (non-hydrogen) atoms. The Morgan fingerprint density at radius 2 is 1.75 bits per heavy atom. The lowest BCUT2D eigenvalue weighted by Gasteiger charge is -2.27. The molecule has 4 nitrogen and oxygen atoms in total. The summed E-state index contributed by atoms with van der Waals surface area (Å²) in [5, 5.41) is 2.82. The van der Waals surface area contributed by atoms with E-state index < -0.39 is 5.41 Å². The Morgan fingerprint density at radius 1 is 1.17 bits per heavy atom. The Balaban J connectivity index is 2.02. The first-order chi connectivity index (χ1) is 11.3. The largest absolute Gasteiger partial charge is 0.455 e. The van der Waals surface area contributed by atoms with Gasteiger partial charge >= 0.3 is 5.97 Å². The van der Waals surface area contributed by atoms with Gasteiger partial charge in [-0.1, -0.05) is 38.8 Å². The van der Waals surface area contributed by atoms with Crippen LogP contribution in [0.25, 0.3) is 0 Å². The third-order valence-electron chi connectivity index (χ3n) is 4.97. The second kappa shape index (κ2) is 7.77. The molecule has 132 valence electrons. The smallest absolute Gasteiger partial charge is 0.317 e. The first kappa shape index (κ1) is 18.4. The van der Waals surface area contributed by atoms with E-state index in [1.54, 1.807) is 12.1 Å². The Bertz CT molecular complexity index is 577. The fraction of sp³-hybridized carbons (Fsp3) is 0.579. The SMILES string of the molecule is CC(C)C(C)NC(=O)COC(=O)C1(c2ccc(F)cc2)CCCC1. The average Bonchev–Trinajstić information content (AvgIpc) is 3.04. The van der Waals surface area contributed by atoms with Crippen LogP contribution in [0.5, 0.6) is 0 Å². The van der Waals surface area contributed by atoms with Gasteiger partial charge in [-0.15, -0.1) is 0 Å². The fourth-order valence-corrected chi connectivity index (χ4v) is 3.09. The molecule has 0 radical (unpaired) electrons. The minimum Gasteiger partial charge on any atom is -0.455 e. The van der Waals surface area contributed by atoms with Crippen LogP contribution in [0.4, 0.5) is 4.39 Å². The third-order valence-corrected chi connectivity index (χ3v) is 4.97. The number of carbonyl (C=O) groups excluding carboxylic acids is 2. The van der Waals surface area contributed by atoms with Crippen molar-refractivity contribution in [3.8, 4) is 0 Å². The summed E-state index contributed by atoms with van der Waals surface area (Å²) in [4.78, 5) is 24.6. The maximum atomic E-state index is 13.2. The number of rotatable bonds is 6. The molecule has 1 amide bonds. The van der Waals surface area contributed by atoms with E-state index in [0.717, 1.165) is 18.4 Å². The van der Waals surface area contributed by atoms with E-state index in [1.165, 1.54) is 12.1 Å². The van der Waals surface area contributed by atoms with Crippen molar-refractivity contribution in [2.24, 2.45) is 5.92 Å². The van der Waals surface area contributed by atoms with Crippen molar-refractivity contribution in [1.82, 2.24) is 5.32 Å². The van der Waals surface area contributed by atoms with E-state index >= 15 is 0 Å². The lowest BCUT2D eigenvalue weighted by atomic mass is 9.79. The highest BCUT2D eigenvalue weighted by molar-refractivity contribution is 5.86. The van der Waals surface area contributed by atoms with E-state index in [4.69, 9.17) is 4.74 Å². The molecule has 1 atom stereocenters. The summed E-state index contributed by atoms with van der Waals surface area (Å²) in [5.74, 6) is -0.705. The molecule has 1 aromatic rings. The van der Waals surface area contributed by atoms with Crippen LogP contribution in [0.1, 0.15) is 52.0 Å². The van der Waals surface area contributed by atoms with E-state index in [1.807, 2.05) is 20.8 Å². The van der Waals surface area contributed by atoms with Crippen LogP contribution in [0, 0.1) is 11.7 Å². The van der Waals surface area contributed by atoms with Crippen molar-refractivity contribution in [2.45, 2.75) is 57.9 Å². The number of amides is 1. The molecule has 2 rings (SSSR count). The maximum absolute atomic E-state index is 13.2.